The molecule has 1 saturated heterocycles. The fourth-order valence-electron chi connectivity index (χ4n) is 3.68. The largest absolute Gasteiger partial charge is 0.486 e. The third kappa shape index (κ3) is 4.61. The third-order valence-electron chi connectivity index (χ3n) is 5.10. The Labute approximate surface area is 160 Å². The van der Waals surface area contributed by atoms with E-state index in [4.69, 9.17) is 9.47 Å². The molecule has 1 fully saturated rings. The van der Waals surface area contributed by atoms with Crippen LogP contribution < -0.4 is 14.8 Å². The molecule has 0 spiro atoms. The van der Waals surface area contributed by atoms with Gasteiger partial charge in [-0.15, -0.1) is 0 Å². The number of hydrogen-bond acceptors (Lipinski definition) is 4. The number of benzene rings is 2. The van der Waals surface area contributed by atoms with Gasteiger partial charge in [-0.1, -0.05) is 30.7 Å². The molecule has 4 rings (SSSR count). The molecule has 2 aromatic carbocycles. The van der Waals surface area contributed by atoms with Crippen LogP contribution >= 0.6 is 0 Å². The van der Waals surface area contributed by atoms with Gasteiger partial charge in [0.25, 0.3) is 5.91 Å². The molecule has 142 valence electrons. The summed E-state index contributed by atoms with van der Waals surface area (Å²) in [5, 5.41) is 3.00. The Morgan fingerprint density at radius 3 is 2.56 bits per heavy atom. The van der Waals surface area contributed by atoms with Gasteiger partial charge in [-0.05, 0) is 55.3 Å². The average molecular weight is 366 g/mol. The lowest BCUT2D eigenvalue weighted by atomic mass is 10.1. The van der Waals surface area contributed by atoms with Crippen molar-refractivity contribution in [1.29, 1.82) is 0 Å². The van der Waals surface area contributed by atoms with Crippen LogP contribution in [0.5, 0.6) is 11.5 Å². The molecule has 27 heavy (non-hydrogen) atoms. The number of carbonyl (C=O) groups is 1. The second kappa shape index (κ2) is 8.44. The summed E-state index contributed by atoms with van der Waals surface area (Å²) in [5.41, 5.74) is 3.02. The molecule has 5 nitrogen and oxygen atoms in total. The maximum Gasteiger partial charge on any atom is 0.251 e. The van der Waals surface area contributed by atoms with Crippen LogP contribution in [0.25, 0.3) is 0 Å². The SMILES string of the molecule is O=C(NCc1cccc(CN2CCCCC2)c1)c1ccc2c(c1)OCCO2. The number of fused-ring (bicyclic) bond motifs is 1. The summed E-state index contributed by atoms with van der Waals surface area (Å²) < 4.78 is 11.1. The maximum absolute atomic E-state index is 12.5. The predicted molar refractivity (Wildman–Crippen MR) is 104 cm³/mol. The number of carbonyl (C=O) groups excluding carboxylic acids is 1. The minimum absolute atomic E-state index is 0.103. The summed E-state index contributed by atoms with van der Waals surface area (Å²) >= 11 is 0. The van der Waals surface area contributed by atoms with Gasteiger partial charge in [0, 0.05) is 18.7 Å². The van der Waals surface area contributed by atoms with Crippen molar-refractivity contribution in [3.8, 4) is 11.5 Å². The highest BCUT2D eigenvalue weighted by Crippen LogP contribution is 2.30. The Bertz CT molecular complexity index is 800. The highest BCUT2D eigenvalue weighted by molar-refractivity contribution is 5.94. The van der Waals surface area contributed by atoms with E-state index in [1.165, 1.54) is 37.9 Å². The van der Waals surface area contributed by atoms with Crippen molar-refractivity contribution in [2.75, 3.05) is 26.3 Å². The monoisotopic (exact) mass is 366 g/mol. The Morgan fingerprint density at radius 2 is 1.70 bits per heavy atom. The number of rotatable bonds is 5. The Hall–Kier alpha value is -2.53. The molecule has 0 unspecified atom stereocenters. The minimum Gasteiger partial charge on any atom is -0.486 e. The number of nitrogens with one attached hydrogen (secondary N) is 1. The lowest BCUT2D eigenvalue weighted by molar-refractivity contribution is 0.0949. The molecule has 0 saturated carbocycles. The molecule has 0 bridgehead atoms. The highest BCUT2D eigenvalue weighted by Gasteiger charge is 2.15. The zero-order valence-electron chi connectivity index (χ0n) is 15.6. The second-order valence-electron chi connectivity index (χ2n) is 7.20. The van der Waals surface area contributed by atoms with Crippen LogP contribution in [0, 0.1) is 0 Å². The topological polar surface area (TPSA) is 50.8 Å². The van der Waals surface area contributed by atoms with Crippen LogP contribution in [0.3, 0.4) is 0 Å². The van der Waals surface area contributed by atoms with Gasteiger partial charge in [-0.25, -0.2) is 0 Å². The molecule has 5 heteroatoms. The molecule has 0 radical (unpaired) electrons. The van der Waals surface area contributed by atoms with Crippen molar-refractivity contribution in [3.63, 3.8) is 0 Å². The van der Waals surface area contributed by atoms with Crippen LogP contribution in [0.4, 0.5) is 0 Å². The fraction of sp³-hybridized carbons (Fsp3) is 0.409. The van der Waals surface area contributed by atoms with E-state index in [2.05, 4.69) is 34.5 Å². The molecule has 1 N–H and O–H groups in total. The number of nitrogens with zero attached hydrogens (tertiary/aromatic N) is 1. The Kier molecular flexibility index (Phi) is 5.58. The molecule has 2 aliphatic rings. The average Bonchev–Trinajstić information content (AvgIpc) is 2.73. The molecule has 0 aromatic heterocycles. The molecular formula is C22H26N2O3. The second-order valence-corrected chi connectivity index (χ2v) is 7.20. The minimum atomic E-state index is -0.103. The van der Waals surface area contributed by atoms with Crippen molar-refractivity contribution in [2.45, 2.75) is 32.4 Å². The number of piperidine rings is 1. The van der Waals surface area contributed by atoms with Crippen LogP contribution in [0.15, 0.2) is 42.5 Å². The third-order valence-corrected chi connectivity index (χ3v) is 5.10. The van der Waals surface area contributed by atoms with E-state index >= 15 is 0 Å². The van der Waals surface area contributed by atoms with E-state index in [0.717, 1.165) is 12.1 Å². The first-order chi connectivity index (χ1) is 13.3. The molecular weight excluding hydrogens is 340 g/mol. The van der Waals surface area contributed by atoms with E-state index in [1.54, 1.807) is 18.2 Å². The van der Waals surface area contributed by atoms with Crippen molar-refractivity contribution in [2.24, 2.45) is 0 Å². The summed E-state index contributed by atoms with van der Waals surface area (Å²) in [5.74, 6) is 1.23. The van der Waals surface area contributed by atoms with Crippen LogP contribution in [-0.4, -0.2) is 37.1 Å². The van der Waals surface area contributed by atoms with E-state index in [9.17, 15) is 4.79 Å². The van der Waals surface area contributed by atoms with Gasteiger partial charge in [-0.2, -0.15) is 0 Å². The van der Waals surface area contributed by atoms with Crippen LogP contribution in [0.2, 0.25) is 0 Å². The van der Waals surface area contributed by atoms with Gasteiger partial charge in [0.15, 0.2) is 11.5 Å². The van der Waals surface area contributed by atoms with E-state index < -0.39 is 0 Å². The van der Waals surface area contributed by atoms with Gasteiger partial charge < -0.3 is 14.8 Å². The van der Waals surface area contributed by atoms with E-state index in [0.29, 0.717) is 36.8 Å². The Balaban J connectivity index is 1.35. The smallest absolute Gasteiger partial charge is 0.251 e. The zero-order chi connectivity index (χ0) is 18.5. The Morgan fingerprint density at radius 1 is 0.926 bits per heavy atom. The highest BCUT2D eigenvalue weighted by atomic mass is 16.6. The van der Waals surface area contributed by atoms with E-state index in [-0.39, 0.29) is 5.91 Å². The summed E-state index contributed by atoms with van der Waals surface area (Å²) in [7, 11) is 0. The first kappa shape index (κ1) is 17.9. The van der Waals surface area contributed by atoms with Crippen molar-refractivity contribution in [1.82, 2.24) is 10.2 Å². The standard InChI is InChI=1S/C22H26N2O3/c25-22(19-7-8-20-21(14-19)27-12-11-26-20)23-15-17-5-4-6-18(13-17)16-24-9-2-1-3-10-24/h4-8,13-14H,1-3,9-12,15-16H2,(H,23,25). The fourth-order valence-corrected chi connectivity index (χ4v) is 3.68. The maximum atomic E-state index is 12.5. The summed E-state index contributed by atoms with van der Waals surface area (Å²) in [6.45, 7) is 4.94. The van der Waals surface area contributed by atoms with Crippen molar-refractivity contribution in [3.05, 3.63) is 59.2 Å². The molecule has 1 amide bonds. The number of ether oxygens (including phenoxy) is 2. The van der Waals surface area contributed by atoms with Crippen LogP contribution in [0.1, 0.15) is 40.7 Å². The van der Waals surface area contributed by atoms with Gasteiger partial charge in [-0.3, -0.25) is 9.69 Å². The molecule has 0 aliphatic carbocycles. The van der Waals surface area contributed by atoms with Gasteiger partial charge in [0.2, 0.25) is 0 Å². The number of hydrogen-bond donors (Lipinski definition) is 1. The molecule has 2 aromatic rings. The number of amides is 1. The van der Waals surface area contributed by atoms with Crippen molar-refractivity contribution >= 4 is 5.91 Å². The number of likely N-dealkylation sites (tertiary alicyclic amines) is 1. The van der Waals surface area contributed by atoms with Gasteiger partial charge in [0.05, 0.1) is 0 Å². The molecule has 0 atom stereocenters. The quantitative estimate of drug-likeness (QED) is 0.881. The van der Waals surface area contributed by atoms with Crippen molar-refractivity contribution < 1.29 is 14.3 Å². The summed E-state index contributed by atoms with van der Waals surface area (Å²) in [4.78, 5) is 15.0. The summed E-state index contributed by atoms with van der Waals surface area (Å²) in [6, 6.07) is 13.8. The normalized spacial score (nSPS) is 16.7. The predicted octanol–water partition coefficient (Wildman–Crippen LogP) is 3.37. The van der Waals surface area contributed by atoms with Gasteiger partial charge in [0.1, 0.15) is 13.2 Å². The first-order valence-electron chi connectivity index (χ1n) is 9.76. The lowest BCUT2D eigenvalue weighted by Gasteiger charge is -2.26. The van der Waals surface area contributed by atoms with E-state index in [1.807, 2.05) is 0 Å². The zero-order valence-corrected chi connectivity index (χ0v) is 15.6. The molecule has 2 heterocycles. The summed E-state index contributed by atoms with van der Waals surface area (Å²) in [6.07, 6.45) is 3.94. The van der Waals surface area contributed by atoms with Crippen LogP contribution in [-0.2, 0) is 13.1 Å². The lowest BCUT2D eigenvalue weighted by Crippen LogP contribution is -2.29. The first-order valence-corrected chi connectivity index (χ1v) is 9.76. The van der Waals surface area contributed by atoms with Gasteiger partial charge >= 0.3 is 0 Å². The molecule has 2 aliphatic heterocycles.